The Kier molecular flexibility index (Phi) is 6.46. The lowest BCUT2D eigenvalue weighted by molar-refractivity contribution is 0.157. The van der Waals surface area contributed by atoms with Crippen molar-refractivity contribution in [2.75, 3.05) is 19.6 Å². The first-order valence-electron chi connectivity index (χ1n) is 7.11. The normalized spacial score (nSPS) is 24.8. The smallest absolute Gasteiger partial charge is 0.112 e. The Morgan fingerprint density at radius 2 is 2.00 bits per heavy atom. The van der Waals surface area contributed by atoms with Crippen LogP contribution in [0.4, 0.5) is 0 Å². The predicted molar refractivity (Wildman–Crippen MR) is 90.6 cm³/mol. The van der Waals surface area contributed by atoms with Crippen molar-refractivity contribution >= 4 is 46.9 Å². The van der Waals surface area contributed by atoms with Crippen LogP contribution in [0.5, 0.6) is 0 Å². The van der Waals surface area contributed by atoms with Gasteiger partial charge < -0.3 is 5.32 Å². The number of nitrogens with one attached hydrogen (secondary N) is 1. The Balaban J connectivity index is 0.00000147. The van der Waals surface area contributed by atoms with Crippen LogP contribution in [0.2, 0.25) is 9.36 Å². The summed E-state index contributed by atoms with van der Waals surface area (Å²) < 4.78 is 0.724. The number of hydrogen-bond donors (Lipinski definition) is 1. The van der Waals surface area contributed by atoms with E-state index in [1.807, 2.05) is 0 Å². The molecule has 3 rings (SSSR count). The van der Waals surface area contributed by atoms with E-state index in [1.54, 1.807) is 0 Å². The summed E-state index contributed by atoms with van der Waals surface area (Å²) in [5.41, 5.74) is 1.19. The topological polar surface area (TPSA) is 15.3 Å². The van der Waals surface area contributed by atoms with E-state index in [2.05, 4.69) is 15.6 Å². The molecule has 2 nitrogen and oxygen atoms in total. The Labute approximate surface area is 141 Å². The van der Waals surface area contributed by atoms with Crippen molar-refractivity contribution in [1.82, 2.24) is 10.2 Å². The highest BCUT2D eigenvalue weighted by Gasteiger charge is 2.28. The molecule has 1 N–H and O–H groups in total. The lowest BCUT2D eigenvalue weighted by Crippen LogP contribution is -2.40. The van der Waals surface area contributed by atoms with Gasteiger partial charge in [0.1, 0.15) is 4.34 Å². The Morgan fingerprint density at radius 3 is 2.55 bits per heavy atom. The standard InChI is InChI=1S/C14H20Cl2N2S.ClH/c15-13-11(9-19-14(13)16)8-18-6-3-10(4-7-18)12-2-1-5-17-12;/h9-10,12,17H,1-8H2;1H. The zero-order valence-electron chi connectivity index (χ0n) is 11.4. The molecule has 0 bridgehead atoms. The van der Waals surface area contributed by atoms with Crippen LogP contribution in [0.15, 0.2) is 5.38 Å². The van der Waals surface area contributed by atoms with Gasteiger partial charge in [0.25, 0.3) is 0 Å². The first-order valence-corrected chi connectivity index (χ1v) is 8.74. The Bertz CT molecular complexity index is 424. The molecule has 6 heteroatoms. The van der Waals surface area contributed by atoms with Crippen molar-refractivity contribution in [3.8, 4) is 0 Å². The van der Waals surface area contributed by atoms with Gasteiger partial charge in [-0.3, -0.25) is 4.90 Å². The third kappa shape index (κ3) is 3.82. The molecule has 0 amide bonds. The van der Waals surface area contributed by atoms with Gasteiger partial charge in [-0.15, -0.1) is 23.7 Å². The SMILES string of the molecule is Cl.Clc1scc(CN2CCC(C3CCCN3)CC2)c1Cl. The fourth-order valence-electron chi connectivity index (χ4n) is 3.33. The minimum atomic E-state index is 0. The van der Waals surface area contributed by atoms with Gasteiger partial charge in [-0.25, -0.2) is 0 Å². The van der Waals surface area contributed by atoms with Crippen LogP contribution in [-0.2, 0) is 6.54 Å². The quantitative estimate of drug-likeness (QED) is 0.862. The van der Waals surface area contributed by atoms with Crippen molar-refractivity contribution < 1.29 is 0 Å². The largest absolute Gasteiger partial charge is 0.314 e. The number of thiophene rings is 1. The maximum absolute atomic E-state index is 6.20. The molecular formula is C14H21Cl3N2S. The summed E-state index contributed by atoms with van der Waals surface area (Å²) in [6.07, 6.45) is 5.35. The minimum absolute atomic E-state index is 0. The van der Waals surface area contributed by atoms with E-state index in [9.17, 15) is 0 Å². The molecule has 0 spiro atoms. The second kappa shape index (κ2) is 7.66. The molecule has 0 radical (unpaired) electrons. The molecule has 0 aromatic carbocycles. The van der Waals surface area contributed by atoms with E-state index in [1.165, 1.54) is 62.2 Å². The fourth-order valence-corrected chi connectivity index (χ4v) is 4.57. The molecule has 2 aliphatic heterocycles. The van der Waals surface area contributed by atoms with Gasteiger partial charge in [0, 0.05) is 12.6 Å². The van der Waals surface area contributed by atoms with Crippen molar-refractivity contribution in [3.05, 3.63) is 20.3 Å². The molecule has 3 heterocycles. The summed E-state index contributed by atoms with van der Waals surface area (Å²) in [7, 11) is 0. The van der Waals surface area contributed by atoms with Crippen molar-refractivity contribution in [2.24, 2.45) is 5.92 Å². The third-order valence-electron chi connectivity index (χ3n) is 4.45. The number of nitrogens with zero attached hydrogens (tertiary/aromatic N) is 1. The van der Waals surface area contributed by atoms with Crippen LogP contribution in [0.3, 0.4) is 0 Å². The molecule has 0 saturated carbocycles. The predicted octanol–water partition coefficient (Wildman–Crippen LogP) is 4.44. The molecule has 2 fully saturated rings. The van der Waals surface area contributed by atoms with E-state index in [-0.39, 0.29) is 12.4 Å². The van der Waals surface area contributed by atoms with Crippen LogP contribution in [0, 0.1) is 5.92 Å². The van der Waals surface area contributed by atoms with E-state index < -0.39 is 0 Å². The maximum atomic E-state index is 6.20. The number of piperidine rings is 1. The molecule has 2 saturated heterocycles. The molecule has 2 aliphatic rings. The second-order valence-electron chi connectivity index (χ2n) is 5.67. The molecule has 1 aromatic heterocycles. The third-order valence-corrected chi connectivity index (χ3v) is 6.36. The van der Waals surface area contributed by atoms with Gasteiger partial charge in [0.05, 0.1) is 5.02 Å². The Morgan fingerprint density at radius 1 is 1.25 bits per heavy atom. The minimum Gasteiger partial charge on any atom is -0.314 e. The number of hydrogen-bond acceptors (Lipinski definition) is 3. The summed E-state index contributed by atoms with van der Waals surface area (Å²) in [6.45, 7) is 4.54. The number of likely N-dealkylation sites (tertiary alicyclic amines) is 1. The van der Waals surface area contributed by atoms with Crippen molar-refractivity contribution in [2.45, 2.75) is 38.3 Å². The van der Waals surface area contributed by atoms with Gasteiger partial charge in [0.15, 0.2) is 0 Å². The first-order chi connectivity index (χ1) is 9.24. The molecule has 20 heavy (non-hydrogen) atoms. The molecule has 1 aromatic rings. The van der Waals surface area contributed by atoms with Gasteiger partial charge >= 0.3 is 0 Å². The zero-order valence-corrected chi connectivity index (χ0v) is 14.6. The van der Waals surface area contributed by atoms with E-state index in [0.717, 1.165) is 27.9 Å². The van der Waals surface area contributed by atoms with E-state index >= 15 is 0 Å². The molecule has 0 aliphatic carbocycles. The van der Waals surface area contributed by atoms with Crippen LogP contribution in [0.25, 0.3) is 0 Å². The highest BCUT2D eigenvalue weighted by atomic mass is 35.5. The van der Waals surface area contributed by atoms with Crippen molar-refractivity contribution in [1.29, 1.82) is 0 Å². The summed E-state index contributed by atoms with van der Waals surface area (Å²) in [6, 6.07) is 0.779. The van der Waals surface area contributed by atoms with Gasteiger partial charge in [-0.1, -0.05) is 23.2 Å². The molecule has 114 valence electrons. The summed E-state index contributed by atoms with van der Waals surface area (Å²) in [4.78, 5) is 2.51. The van der Waals surface area contributed by atoms with Crippen molar-refractivity contribution in [3.63, 3.8) is 0 Å². The average Bonchev–Trinajstić information content (AvgIpc) is 3.06. The lowest BCUT2D eigenvalue weighted by atomic mass is 9.88. The maximum Gasteiger partial charge on any atom is 0.112 e. The summed E-state index contributed by atoms with van der Waals surface area (Å²) in [5.74, 6) is 0.875. The van der Waals surface area contributed by atoms with E-state index in [0.29, 0.717) is 0 Å². The van der Waals surface area contributed by atoms with Crippen LogP contribution in [-0.4, -0.2) is 30.6 Å². The fraction of sp³-hybridized carbons (Fsp3) is 0.714. The van der Waals surface area contributed by atoms with Crippen LogP contribution >= 0.6 is 46.9 Å². The molecular weight excluding hydrogens is 335 g/mol. The monoisotopic (exact) mass is 354 g/mol. The summed E-state index contributed by atoms with van der Waals surface area (Å²) >= 11 is 13.8. The average molecular weight is 356 g/mol. The highest BCUT2D eigenvalue weighted by Crippen LogP contribution is 2.34. The second-order valence-corrected chi connectivity index (χ2v) is 7.52. The van der Waals surface area contributed by atoms with Gasteiger partial charge in [-0.2, -0.15) is 0 Å². The molecule has 1 atom stereocenters. The van der Waals surface area contributed by atoms with Gasteiger partial charge in [-0.05, 0) is 62.2 Å². The van der Waals surface area contributed by atoms with E-state index in [4.69, 9.17) is 23.2 Å². The number of halogens is 3. The lowest BCUT2D eigenvalue weighted by Gasteiger charge is -2.34. The Hall–Kier alpha value is 0.490. The highest BCUT2D eigenvalue weighted by molar-refractivity contribution is 7.15. The van der Waals surface area contributed by atoms with Crippen LogP contribution < -0.4 is 5.32 Å². The first kappa shape index (κ1) is 16.9. The van der Waals surface area contributed by atoms with Crippen LogP contribution in [0.1, 0.15) is 31.2 Å². The zero-order chi connectivity index (χ0) is 13.2. The summed E-state index contributed by atoms with van der Waals surface area (Å²) in [5, 5.41) is 6.50. The number of rotatable bonds is 3. The van der Waals surface area contributed by atoms with Gasteiger partial charge in [0.2, 0.25) is 0 Å². The molecule has 1 unspecified atom stereocenters.